The van der Waals surface area contributed by atoms with E-state index in [9.17, 15) is 0 Å². The van der Waals surface area contributed by atoms with Crippen LogP contribution in [0.25, 0.3) is 0 Å². The molecule has 110 valence electrons. The van der Waals surface area contributed by atoms with Gasteiger partial charge in [0, 0.05) is 29.3 Å². The Bertz CT molecular complexity index is 609. The van der Waals surface area contributed by atoms with Gasteiger partial charge in [0.05, 0.1) is 0 Å². The largest absolute Gasteiger partial charge is 0.367 e. The highest BCUT2D eigenvalue weighted by Crippen LogP contribution is 2.30. The summed E-state index contributed by atoms with van der Waals surface area (Å²) in [6.45, 7) is 3.29. The number of nitrogens with zero attached hydrogens (tertiary/aromatic N) is 1. The third-order valence-electron chi connectivity index (χ3n) is 4.42. The normalized spacial score (nSPS) is 16.6. The van der Waals surface area contributed by atoms with Crippen molar-refractivity contribution in [2.75, 3.05) is 11.4 Å². The van der Waals surface area contributed by atoms with Gasteiger partial charge in [0.1, 0.15) is 0 Å². The van der Waals surface area contributed by atoms with Gasteiger partial charge < -0.3 is 10.6 Å². The number of hydrogen-bond acceptors (Lipinski definition) is 2. The van der Waals surface area contributed by atoms with Gasteiger partial charge in [-0.05, 0) is 49.1 Å². The second-order valence-corrected chi connectivity index (χ2v) is 6.24. The van der Waals surface area contributed by atoms with Crippen molar-refractivity contribution in [3.8, 4) is 0 Å². The lowest BCUT2D eigenvalue weighted by atomic mass is 10.00. The Morgan fingerprint density at radius 1 is 1.14 bits per heavy atom. The first-order chi connectivity index (χ1) is 10.1. The zero-order valence-corrected chi connectivity index (χ0v) is 13.1. The van der Waals surface area contributed by atoms with Crippen LogP contribution in [0.5, 0.6) is 0 Å². The smallest absolute Gasteiger partial charge is 0.0416 e. The number of benzene rings is 2. The monoisotopic (exact) mass is 300 g/mol. The first-order valence-electron chi connectivity index (χ1n) is 7.50. The number of halogens is 1. The number of hydrogen-bond donors (Lipinski definition) is 1. The van der Waals surface area contributed by atoms with E-state index >= 15 is 0 Å². The molecule has 2 aromatic carbocycles. The average Bonchev–Trinajstić information content (AvgIpc) is 2.92. The van der Waals surface area contributed by atoms with Gasteiger partial charge in [-0.15, -0.1) is 0 Å². The molecule has 21 heavy (non-hydrogen) atoms. The lowest BCUT2D eigenvalue weighted by molar-refractivity contribution is 0.520. The molecule has 2 atom stereocenters. The van der Waals surface area contributed by atoms with Crippen molar-refractivity contribution >= 4 is 17.3 Å². The summed E-state index contributed by atoms with van der Waals surface area (Å²) in [5, 5.41) is 0.772. The van der Waals surface area contributed by atoms with Crippen LogP contribution in [-0.2, 0) is 12.8 Å². The molecular weight excluding hydrogens is 280 g/mol. The van der Waals surface area contributed by atoms with Crippen molar-refractivity contribution in [1.29, 1.82) is 0 Å². The van der Waals surface area contributed by atoms with Crippen LogP contribution >= 0.6 is 11.6 Å². The molecule has 0 saturated heterocycles. The fourth-order valence-electron chi connectivity index (χ4n) is 3.08. The molecular formula is C18H21ClN2. The van der Waals surface area contributed by atoms with Crippen molar-refractivity contribution in [2.45, 2.75) is 31.8 Å². The fourth-order valence-corrected chi connectivity index (χ4v) is 3.21. The summed E-state index contributed by atoms with van der Waals surface area (Å²) in [4.78, 5) is 2.44. The Morgan fingerprint density at radius 2 is 1.86 bits per heavy atom. The van der Waals surface area contributed by atoms with Crippen LogP contribution in [0.2, 0.25) is 5.02 Å². The zero-order valence-electron chi connectivity index (χ0n) is 12.3. The summed E-state index contributed by atoms with van der Waals surface area (Å²) in [5.41, 5.74) is 10.5. The van der Waals surface area contributed by atoms with Gasteiger partial charge in [-0.3, -0.25) is 0 Å². The quantitative estimate of drug-likeness (QED) is 0.933. The zero-order chi connectivity index (χ0) is 14.8. The molecule has 0 aromatic heterocycles. The number of nitrogens with two attached hydrogens (primary N) is 1. The van der Waals surface area contributed by atoms with E-state index in [-0.39, 0.29) is 6.04 Å². The minimum atomic E-state index is 0.109. The maximum absolute atomic E-state index is 6.45. The molecule has 1 aliphatic heterocycles. The number of rotatable bonds is 4. The van der Waals surface area contributed by atoms with Crippen molar-refractivity contribution in [2.24, 2.45) is 5.73 Å². The molecule has 0 spiro atoms. The molecule has 2 aromatic rings. The molecule has 0 fully saturated rings. The topological polar surface area (TPSA) is 29.3 Å². The summed E-state index contributed by atoms with van der Waals surface area (Å²) >= 11 is 5.93. The van der Waals surface area contributed by atoms with Gasteiger partial charge in [0.15, 0.2) is 0 Å². The van der Waals surface area contributed by atoms with Crippen LogP contribution in [0.4, 0.5) is 5.69 Å². The summed E-state index contributed by atoms with van der Waals surface area (Å²) in [6.07, 6.45) is 1.99. The van der Waals surface area contributed by atoms with Gasteiger partial charge in [-0.1, -0.05) is 41.9 Å². The van der Waals surface area contributed by atoms with Crippen LogP contribution in [0.15, 0.2) is 48.5 Å². The van der Waals surface area contributed by atoms with E-state index in [1.54, 1.807) is 0 Å². The van der Waals surface area contributed by atoms with E-state index in [4.69, 9.17) is 17.3 Å². The van der Waals surface area contributed by atoms with Crippen molar-refractivity contribution in [1.82, 2.24) is 0 Å². The Morgan fingerprint density at radius 3 is 2.62 bits per heavy atom. The molecule has 3 heteroatoms. The molecule has 0 bridgehead atoms. The summed E-state index contributed by atoms with van der Waals surface area (Å²) < 4.78 is 0. The van der Waals surface area contributed by atoms with E-state index in [1.807, 2.05) is 12.1 Å². The summed E-state index contributed by atoms with van der Waals surface area (Å²) in [5.74, 6) is 0. The predicted octanol–water partition coefficient (Wildman–Crippen LogP) is 3.66. The minimum Gasteiger partial charge on any atom is -0.367 e. The SMILES string of the molecule is CC(C(N)Cc1ccc(Cl)cc1)N1CCc2ccccc21. The Balaban J connectivity index is 1.70. The Kier molecular flexibility index (Phi) is 4.18. The van der Waals surface area contributed by atoms with Crippen molar-refractivity contribution < 1.29 is 0 Å². The third kappa shape index (κ3) is 3.07. The lowest BCUT2D eigenvalue weighted by Gasteiger charge is -2.32. The highest BCUT2D eigenvalue weighted by atomic mass is 35.5. The maximum atomic E-state index is 6.45. The molecule has 0 aliphatic carbocycles. The lowest BCUT2D eigenvalue weighted by Crippen LogP contribution is -2.46. The second-order valence-electron chi connectivity index (χ2n) is 5.81. The van der Waals surface area contributed by atoms with Gasteiger partial charge in [-0.25, -0.2) is 0 Å². The van der Waals surface area contributed by atoms with E-state index in [2.05, 4.69) is 48.2 Å². The van der Waals surface area contributed by atoms with Gasteiger partial charge in [-0.2, -0.15) is 0 Å². The van der Waals surface area contributed by atoms with Gasteiger partial charge in [0.2, 0.25) is 0 Å². The van der Waals surface area contributed by atoms with Crippen LogP contribution in [0.3, 0.4) is 0 Å². The number of para-hydroxylation sites is 1. The van der Waals surface area contributed by atoms with E-state index in [0.717, 1.165) is 24.4 Å². The second kappa shape index (κ2) is 6.08. The maximum Gasteiger partial charge on any atom is 0.0416 e. The molecule has 1 aliphatic rings. The summed E-state index contributed by atoms with van der Waals surface area (Å²) in [7, 11) is 0. The molecule has 3 rings (SSSR count). The highest BCUT2D eigenvalue weighted by molar-refractivity contribution is 6.30. The average molecular weight is 301 g/mol. The third-order valence-corrected chi connectivity index (χ3v) is 4.67. The van der Waals surface area contributed by atoms with Crippen LogP contribution in [-0.4, -0.2) is 18.6 Å². The first kappa shape index (κ1) is 14.4. The highest BCUT2D eigenvalue weighted by Gasteiger charge is 2.26. The fraction of sp³-hybridized carbons (Fsp3) is 0.333. The van der Waals surface area contributed by atoms with Crippen LogP contribution in [0.1, 0.15) is 18.1 Å². The minimum absolute atomic E-state index is 0.109. The molecule has 2 nitrogen and oxygen atoms in total. The standard InChI is InChI=1S/C18H21ClN2/c1-13(17(20)12-14-6-8-16(19)9-7-14)21-11-10-15-4-2-3-5-18(15)21/h2-9,13,17H,10-12,20H2,1H3. The molecule has 2 N–H and O–H groups in total. The van der Waals surface area contributed by atoms with Crippen LogP contribution < -0.4 is 10.6 Å². The molecule has 0 saturated carbocycles. The van der Waals surface area contributed by atoms with Gasteiger partial charge in [0.25, 0.3) is 0 Å². The molecule has 0 radical (unpaired) electrons. The molecule has 2 unspecified atom stereocenters. The van der Waals surface area contributed by atoms with Crippen LogP contribution in [0, 0.1) is 0 Å². The number of fused-ring (bicyclic) bond motifs is 1. The van der Waals surface area contributed by atoms with Crippen molar-refractivity contribution in [3.05, 3.63) is 64.7 Å². The van der Waals surface area contributed by atoms with Crippen molar-refractivity contribution in [3.63, 3.8) is 0 Å². The first-order valence-corrected chi connectivity index (χ1v) is 7.87. The number of anilines is 1. The van der Waals surface area contributed by atoms with E-state index in [1.165, 1.54) is 16.8 Å². The molecule has 1 heterocycles. The Hall–Kier alpha value is -1.51. The van der Waals surface area contributed by atoms with Gasteiger partial charge >= 0.3 is 0 Å². The Labute approximate surface area is 131 Å². The van der Waals surface area contributed by atoms with E-state index < -0.39 is 0 Å². The molecule has 0 amide bonds. The van der Waals surface area contributed by atoms with E-state index in [0.29, 0.717) is 6.04 Å². The predicted molar refractivity (Wildman–Crippen MR) is 90.1 cm³/mol. The summed E-state index contributed by atoms with van der Waals surface area (Å²) in [6, 6.07) is 17.1.